The van der Waals surface area contributed by atoms with E-state index in [1.165, 1.54) is 36.4 Å². The first-order chi connectivity index (χ1) is 12.3. The number of aryl methyl sites for hydroxylation is 2. The van der Waals surface area contributed by atoms with Crippen molar-refractivity contribution in [3.05, 3.63) is 47.1 Å². The molecule has 5 nitrogen and oxygen atoms in total. The summed E-state index contributed by atoms with van der Waals surface area (Å²) in [4.78, 5) is 15.3. The van der Waals surface area contributed by atoms with Gasteiger partial charge in [-0.25, -0.2) is 14.4 Å². The third-order valence-electron chi connectivity index (χ3n) is 5.38. The van der Waals surface area contributed by atoms with E-state index in [4.69, 9.17) is 9.40 Å². The molecule has 1 aromatic carbocycles. The Bertz CT molecular complexity index is 892. The summed E-state index contributed by atoms with van der Waals surface area (Å²) >= 11 is 0. The third-order valence-corrected chi connectivity index (χ3v) is 5.38. The fourth-order valence-electron chi connectivity index (χ4n) is 4.15. The van der Waals surface area contributed by atoms with Crippen LogP contribution in [0.3, 0.4) is 0 Å². The van der Waals surface area contributed by atoms with Crippen LogP contribution in [0, 0.1) is 5.82 Å². The molecule has 1 aliphatic heterocycles. The van der Waals surface area contributed by atoms with E-state index in [-0.39, 0.29) is 11.9 Å². The fraction of sp³-hybridized carbons (Fsp3) is 0.474. The van der Waals surface area contributed by atoms with Crippen LogP contribution in [0.1, 0.15) is 54.8 Å². The lowest BCUT2D eigenvalue weighted by atomic mass is 10.0. The van der Waals surface area contributed by atoms with E-state index in [1.807, 2.05) is 0 Å². The molecule has 5 rings (SSSR count). The Morgan fingerprint density at radius 2 is 2.12 bits per heavy atom. The number of imidazole rings is 1. The minimum atomic E-state index is -0.285. The summed E-state index contributed by atoms with van der Waals surface area (Å²) in [7, 11) is 0. The number of hydrogen-bond donors (Lipinski definition) is 1. The molecule has 0 radical (unpaired) electrons. The smallest absolute Gasteiger partial charge is 0.209 e. The van der Waals surface area contributed by atoms with Gasteiger partial charge in [-0.3, -0.25) is 4.90 Å². The summed E-state index contributed by atoms with van der Waals surface area (Å²) in [5.41, 5.74) is 3.80. The van der Waals surface area contributed by atoms with Crippen molar-refractivity contribution in [2.45, 2.75) is 51.1 Å². The second-order valence-corrected chi connectivity index (χ2v) is 7.10. The number of aromatic nitrogens is 3. The molecule has 0 bridgehead atoms. The minimum Gasteiger partial charge on any atom is -0.439 e. The Hall–Kier alpha value is -2.21. The molecule has 3 heterocycles. The van der Waals surface area contributed by atoms with E-state index in [0.29, 0.717) is 23.5 Å². The van der Waals surface area contributed by atoms with E-state index >= 15 is 0 Å². The quantitative estimate of drug-likeness (QED) is 0.785. The number of fused-ring (bicyclic) bond motifs is 2. The molecular formula is C19H21FN4O. The van der Waals surface area contributed by atoms with Gasteiger partial charge in [-0.2, -0.15) is 0 Å². The van der Waals surface area contributed by atoms with Crippen LogP contribution in [0.25, 0.3) is 11.1 Å². The molecule has 0 spiro atoms. The summed E-state index contributed by atoms with van der Waals surface area (Å²) in [5.74, 6) is 1.45. The predicted octanol–water partition coefficient (Wildman–Crippen LogP) is 3.91. The molecule has 6 heteroatoms. The van der Waals surface area contributed by atoms with Crippen LogP contribution in [0.5, 0.6) is 0 Å². The highest BCUT2D eigenvalue weighted by molar-refractivity contribution is 5.72. The number of halogens is 1. The Kier molecular flexibility index (Phi) is 3.59. The van der Waals surface area contributed by atoms with Gasteiger partial charge in [-0.05, 0) is 57.2 Å². The molecule has 1 fully saturated rings. The number of hydrogen-bond acceptors (Lipinski definition) is 4. The number of oxazole rings is 1. The van der Waals surface area contributed by atoms with Gasteiger partial charge in [0.05, 0.1) is 18.3 Å². The molecule has 1 atom stereocenters. The maximum absolute atomic E-state index is 13.3. The van der Waals surface area contributed by atoms with Crippen molar-refractivity contribution >= 4 is 11.1 Å². The summed E-state index contributed by atoms with van der Waals surface area (Å²) in [5, 5.41) is 0. The Balaban J connectivity index is 1.39. The van der Waals surface area contributed by atoms with Crippen LogP contribution in [0.4, 0.5) is 4.39 Å². The maximum atomic E-state index is 13.3. The summed E-state index contributed by atoms with van der Waals surface area (Å²) in [6.07, 6.45) is 6.95. The van der Waals surface area contributed by atoms with Gasteiger partial charge in [0.1, 0.15) is 17.2 Å². The van der Waals surface area contributed by atoms with E-state index in [0.717, 1.165) is 38.1 Å². The molecule has 2 aliphatic rings. The first-order valence-corrected chi connectivity index (χ1v) is 9.13. The van der Waals surface area contributed by atoms with Crippen LogP contribution in [0.15, 0.2) is 22.6 Å². The monoisotopic (exact) mass is 340 g/mol. The topological polar surface area (TPSA) is 58.0 Å². The summed E-state index contributed by atoms with van der Waals surface area (Å²) in [6, 6.07) is 4.76. The van der Waals surface area contributed by atoms with Gasteiger partial charge < -0.3 is 9.40 Å². The van der Waals surface area contributed by atoms with Gasteiger partial charge in [-0.15, -0.1) is 0 Å². The van der Waals surface area contributed by atoms with Crippen LogP contribution >= 0.6 is 0 Å². The zero-order chi connectivity index (χ0) is 16.8. The van der Waals surface area contributed by atoms with E-state index < -0.39 is 0 Å². The molecule has 3 aromatic rings. The predicted molar refractivity (Wildman–Crippen MR) is 91.6 cm³/mol. The number of likely N-dealkylation sites (tertiary alicyclic amines) is 1. The number of benzene rings is 1. The highest BCUT2D eigenvalue weighted by Gasteiger charge is 2.30. The van der Waals surface area contributed by atoms with Gasteiger partial charge >= 0.3 is 0 Å². The highest BCUT2D eigenvalue weighted by Crippen LogP contribution is 2.33. The number of nitrogens with one attached hydrogen (secondary N) is 1. The SMILES string of the molecule is Fc1ccc2oc(CN3CCC[C@H]3c3nc4c([nH]3)CCCC4)nc2c1. The van der Waals surface area contributed by atoms with Crippen molar-refractivity contribution in [1.29, 1.82) is 0 Å². The van der Waals surface area contributed by atoms with Crippen molar-refractivity contribution in [3.8, 4) is 0 Å². The molecule has 2 aromatic heterocycles. The Labute approximate surface area is 145 Å². The molecule has 0 saturated carbocycles. The molecule has 130 valence electrons. The van der Waals surface area contributed by atoms with Crippen molar-refractivity contribution < 1.29 is 8.81 Å². The first-order valence-electron chi connectivity index (χ1n) is 9.13. The number of rotatable bonds is 3. The van der Waals surface area contributed by atoms with Crippen molar-refractivity contribution in [2.24, 2.45) is 0 Å². The van der Waals surface area contributed by atoms with Crippen LogP contribution in [-0.2, 0) is 19.4 Å². The molecule has 1 N–H and O–H groups in total. The van der Waals surface area contributed by atoms with E-state index in [1.54, 1.807) is 6.07 Å². The number of H-pyrrole nitrogens is 1. The maximum Gasteiger partial charge on any atom is 0.209 e. The lowest BCUT2D eigenvalue weighted by Gasteiger charge is -2.21. The second-order valence-electron chi connectivity index (χ2n) is 7.10. The van der Waals surface area contributed by atoms with Crippen molar-refractivity contribution in [2.75, 3.05) is 6.54 Å². The van der Waals surface area contributed by atoms with Gasteiger partial charge in [-0.1, -0.05) is 0 Å². The van der Waals surface area contributed by atoms with Crippen LogP contribution in [0.2, 0.25) is 0 Å². The molecule has 1 saturated heterocycles. The van der Waals surface area contributed by atoms with Gasteiger partial charge in [0.25, 0.3) is 0 Å². The van der Waals surface area contributed by atoms with E-state index in [9.17, 15) is 4.39 Å². The third kappa shape index (κ3) is 2.74. The Morgan fingerprint density at radius 3 is 3.04 bits per heavy atom. The normalized spacial score (nSPS) is 21.1. The summed E-state index contributed by atoms with van der Waals surface area (Å²) < 4.78 is 19.1. The largest absolute Gasteiger partial charge is 0.439 e. The fourth-order valence-corrected chi connectivity index (χ4v) is 4.15. The molecule has 0 amide bonds. The zero-order valence-corrected chi connectivity index (χ0v) is 14.1. The summed E-state index contributed by atoms with van der Waals surface area (Å²) in [6.45, 7) is 1.63. The lowest BCUT2D eigenvalue weighted by molar-refractivity contribution is 0.219. The van der Waals surface area contributed by atoms with Gasteiger partial charge in [0.15, 0.2) is 5.58 Å². The molecular weight excluding hydrogens is 319 g/mol. The standard InChI is InChI=1S/C19H21FN4O/c20-12-7-8-17-15(10-12)21-18(25-17)11-24-9-3-6-16(24)19-22-13-4-1-2-5-14(13)23-19/h7-8,10,16H,1-6,9,11H2,(H,22,23)/t16-/m0/s1. The van der Waals surface area contributed by atoms with Crippen molar-refractivity contribution in [3.63, 3.8) is 0 Å². The number of nitrogens with zero attached hydrogens (tertiary/aromatic N) is 3. The van der Waals surface area contributed by atoms with E-state index in [2.05, 4.69) is 14.9 Å². The second kappa shape index (κ2) is 5.95. The molecule has 1 aliphatic carbocycles. The zero-order valence-electron chi connectivity index (χ0n) is 14.1. The first kappa shape index (κ1) is 15.1. The average molecular weight is 340 g/mol. The van der Waals surface area contributed by atoms with Crippen LogP contribution < -0.4 is 0 Å². The Morgan fingerprint density at radius 1 is 1.20 bits per heavy atom. The lowest BCUT2D eigenvalue weighted by Crippen LogP contribution is -2.23. The average Bonchev–Trinajstić information content (AvgIpc) is 3.31. The number of aromatic amines is 1. The molecule has 25 heavy (non-hydrogen) atoms. The van der Waals surface area contributed by atoms with Crippen LogP contribution in [-0.4, -0.2) is 26.4 Å². The highest BCUT2D eigenvalue weighted by atomic mass is 19.1. The minimum absolute atomic E-state index is 0.285. The molecule has 0 unspecified atom stereocenters. The van der Waals surface area contributed by atoms with Gasteiger partial charge in [0.2, 0.25) is 5.89 Å². The van der Waals surface area contributed by atoms with Gasteiger partial charge in [0, 0.05) is 11.8 Å². The van der Waals surface area contributed by atoms with Crippen molar-refractivity contribution in [1.82, 2.24) is 19.9 Å².